The second-order valence-corrected chi connectivity index (χ2v) is 7.44. The van der Waals surface area contributed by atoms with Crippen molar-refractivity contribution >= 4 is 27.5 Å². The smallest absolute Gasteiger partial charge is 0.216 e. The molecule has 0 aliphatic heterocycles. The number of hydrogen-bond acceptors (Lipinski definition) is 4. The van der Waals surface area contributed by atoms with Crippen molar-refractivity contribution in [2.45, 2.75) is 4.90 Å². The van der Waals surface area contributed by atoms with Crippen LogP contribution in [0.2, 0.25) is 5.02 Å². The fraction of sp³-hybridized carbons (Fsp3) is 0. The predicted molar refractivity (Wildman–Crippen MR) is 96.4 cm³/mol. The summed E-state index contributed by atoms with van der Waals surface area (Å²) in [6.07, 6.45) is 1.21. The van der Waals surface area contributed by atoms with E-state index in [0.717, 1.165) is 0 Å². The summed E-state index contributed by atoms with van der Waals surface area (Å²) in [5, 5.41) is 9.81. The number of halogens is 1. The van der Waals surface area contributed by atoms with Gasteiger partial charge in [-0.25, -0.2) is 8.42 Å². The highest BCUT2D eigenvalue weighted by molar-refractivity contribution is 7.95. The maximum absolute atomic E-state index is 12.5. The Labute approximate surface area is 150 Å². The lowest BCUT2D eigenvalue weighted by Crippen LogP contribution is -2.03. The van der Waals surface area contributed by atoms with Gasteiger partial charge in [-0.3, -0.25) is 0 Å². The lowest BCUT2D eigenvalue weighted by atomic mass is 10.2. The molecule has 0 radical (unpaired) electrons. The van der Waals surface area contributed by atoms with Crippen molar-refractivity contribution in [2.75, 3.05) is 0 Å². The maximum Gasteiger partial charge on any atom is 0.216 e. The molecule has 1 heterocycles. The van der Waals surface area contributed by atoms with E-state index in [1.165, 1.54) is 18.2 Å². The van der Waals surface area contributed by atoms with Crippen LogP contribution in [0.1, 0.15) is 5.76 Å². The van der Waals surface area contributed by atoms with E-state index in [2.05, 4.69) is 0 Å². The summed E-state index contributed by atoms with van der Waals surface area (Å²) in [5.74, 6) is 0.747. The van der Waals surface area contributed by atoms with Crippen LogP contribution in [0.4, 0.5) is 0 Å². The first-order valence-electron chi connectivity index (χ1n) is 7.29. The Morgan fingerprint density at radius 2 is 1.68 bits per heavy atom. The minimum absolute atomic E-state index is 0.0562. The third-order valence-electron chi connectivity index (χ3n) is 3.49. The summed E-state index contributed by atoms with van der Waals surface area (Å²) in [5.41, 5.74) is 0.688. The summed E-state index contributed by atoms with van der Waals surface area (Å²) < 4.78 is 30.7. The SMILES string of the molecule is N#CC(=Cc1ccc(-c2ccccc2Cl)o1)S(=O)(=O)c1ccccc1. The molecule has 25 heavy (non-hydrogen) atoms. The first-order chi connectivity index (χ1) is 12.0. The van der Waals surface area contributed by atoms with Gasteiger partial charge in [-0.15, -0.1) is 0 Å². The number of hydrogen-bond donors (Lipinski definition) is 0. The fourth-order valence-corrected chi connectivity index (χ4v) is 3.65. The molecule has 6 heteroatoms. The molecule has 0 aliphatic rings. The Morgan fingerprint density at radius 1 is 1.00 bits per heavy atom. The third kappa shape index (κ3) is 3.50. The number of furan rings is 1. The third-order valence-corrected chi connectivity index (χ3v) is 5.50. The number of sulfone groups is 1. The van der Waals surface area contributed by atoms with Gasteiger partial charge in [0.2, 0.25) is 9.84 Å². The van der Waals surface area contributed by atoms with Gasteiger partial charge in [0.1, 0.15) is 17.6 Å². The highest BCUT2D eigenvalue weighted by Gasteiger charge is 2.21. The molecule has 4 nitrogen and oxygen atoms in total. The number of nitrogens with zero attached hydrogens (tertiary/aromatic N) is 1. The molecular formula is C19H12ClNO3S. The van der Waals surface area contributed by atoms with Crippen molar-refractivity contribution in [2.24, 2.45) is 0 Å². The van der Waals surface area contributed by atoms with E-state index in [-0.39, 0.29) is 10.7 Å². The largest absolute Gasteiger partial charge is 0.457 e. The van der Waals surface area contributed by atoms with Gasteiger partial charge in [-0.05, 0) is 36.4 Å². The van der Waals surface area contributed by atoms with Gasteiger partial charge in [0.15, 0.2) is 4.91 Å². The van der Waals surface area contributed by atoms with Gasteiger partial charge in [-0.2, -0.15) is 5.26 Å². The molecule has 0 spiro atoms. The molecule has 0 atom stereocenters. The van der Waals surface area contributed by atoms with Gasteiger partial charge in [0.05, 0.1) is 9.92 Å². The molecule has 3 rings (SSSR count). The topological polar surface area (TPSA) is 71.1 Å². The van der Waals surface area contributed by atoms with Crippen molar-refractivity contribution in [3.05, 3.63) is 82.4 Å². The molecule has 3 aromatic rings. The minimum Gasteiger partial charge on any atom is -0.457 e. The van der Waals surface area contributed by atoms with Crippen molar-refractivity contribution in [3.8, 4) is 17.4 Å². The quantitative estimate of drug-likeness (QED) is 0.611. The van der Waals surface area contributed by atoms with E-state index < -0.39 is 14.7 Å². The molecule has 0 saturated heterocycles. The Morgan fingerprint density at radius 3 is 2.36 bits per heavy atom. The summed E-state index contributed by atoms with van der Waals surface area (Å²) in [4.78, 5) is -0.334. The number of benzene rings is 2. The van der Waals surface area contributed by atoms with Crippen LogP contribution in [0.3, 0.4) is 0 Å². The molecule has 1 aromatic heterocycles. The zero-order valence-electron chi connectivity index (χ0n) is 12.9. The van der Waals surface area contributed by atoms with Crippen LogP contribution in [0.25, 0.3) is 17.4 Å². The van der Waals surface area contributed by atoms with Crippen LogP contribution < -0.4 is 0 Å². The molecule has 0 unspecified atom stereocenters. The van der Waals surface area contributed by atoms with E-state index >= 15 is 0 Å². The monoisotopic (exact) mass is 369 g/mol. The number of rotatable bonds is 4. The zero-order valence-corrected chi connectivity index (χ0v) is 14.5. The minimum atomic E-state index is -3.90. The Bertz CT molecular complexity index is 1080. The molecule has 0 fully saturated rings. The van der Waals surface area contributed by atoms with Crippen LogP contribution in [-0.4, -0.2) is 8.42 Å². The van der Waals surface area contributed by atoms with Crippen LogP contribution in [0, 0.1) is 11.3 Å². The summed E-state index contributed by atoms with van der Waals surface area (Å²) in [6, 6.07) is 19.9. The standard InChI is InChI=1S/C19H12ClNO3S/c20-18-9-5-4-8-17(18)19-11-10-14(24-19)12-16(13-21)25(22,23)15-6-2-1-3-7-15/h1-12H. The van der Waals surface area contributed by atoms with E-state index in [4.69, 9.17) is 16.0 Å². The number of allylic oxidation sites excluding steroid dienone is 1. The summed E-state index contributed by atoms with van der Waals surface area (Å²) in [7, 11) is -3.90. The van der Waals surface area contributed by atoms with Crippen molar-refractivity contribution in [1.29, 1.82) is 5.26 Å². The maximum atomic E-state index is 12.5. The lowest BCUT2D eigenvalue weighted by molar-refractivity contribution is 0.571. The zero-order chi connectivity index (χ0) is 17.9. The number of nitriles is 1. The van der Waals surface area contributed by atoms with Gasteiger partial charge < -0.3 is 4.42 Å². The van der Waals surface area contributed by atoms with Crippen molar-refractivity contribution in [1.82, 2.24) is 0 Å². The molecule has 0 amide bonds. The molecule has 0 bridgehead atoms. The predicted octanol–water partition coefficient (Wildman–Crippen LogP) is 4.94. The van der Waals surface area contributed by atoms with E-state index in [1.54, 1.807) is 54.6 Å². The first-order valence-corrected chi connectivity index (χ1v) is 9.15. The summed E-state index contributed by atoms with van der Waals surface area (Å²) >= 11 is 6.13. The first kappa shape index (κ1) is 17.0. The highest BCUT2D eigenvalue weighted by Crippen LogP contribution is 2.30. The van der Waals surface area contributed by atoms with Gasteiger partial charge in [0, 0.05) is 11.6 Å². The molecule has 124 valence electrons. The Balaban J connectivity index is 2.00. The fourth-order valence-electron chi connectivity index (χ4n) is 2.26. The molecule has 2 aromatic carbocycles. The van der Waals surface area contributed by atoms with E-state index in [9.17, 15) is 13.7 Å². The summed E-state index contributed by atoms with van der Waals surface area (Å²) in [6.45, 7) is 0. The van der Waals surface area contributed by atoms with Crippen LogP contribution >= 0.6 is 11.6 Å². The molecule has 0 saturated carbocycles. The normalized spacial score (nSPS) is 11.9. The van der Waals surface area contributed by atoms with Crippen LogP contribution in [-0.2, 0) is 9.84 Å². The van der Waals surface area contributed by atoms with Gasteiger partial charge in [0.25, 0.3) is 0 Å². The second kappa shape index (κ2) is 6.98. The van der Waals surface area contributed by atoms with Crippen molar-refractivity contribution in [3.63, 3.8) is 0 Å². The second-order valence-electron chi connectivity index (χ2n) is 5.12. The Hall–Kier alpha value is -2.81. The lowest BCUT2D eigenvalue weighted by Gasteiger charge is -2.02. The van der Waals surface area contributed by atoms with E-state index in [1.807, 2.05) is 6.07 Å². The van der Waals surface area contributed by atoms with Gasteiger partial charge in [-0.1, -0.05) is 41.9 Å². The highest BCUT2D eigenvalue weighted by atomic mass is 35.5. The Kier molecular flexibility index (Phi) is 4.75. The van der Waals surface area contributed by atoms with Gasteiger partial charge >= 0.3 is 0 Å². The molecule has 0 N–H and O–H groups in total. The average Bonchev–Trinajstić information content (AvgIpc) is 3.09. The average molecular weight is 370 g/mol. The van der Waals surface area contributed by atoms with Crippen LogP contribution in [0.15, 0.2) is 80.9 Å². The van der Waals surface area contributed by atoms with Crippen molar-refractivity contribution < 1.29 is 12.8 Å². The molecule has 0 aliphatic carbocycles. The van der Waals surface area contributed by atoms with E-state index in [0.29, 0.717) is 16.3 Å². The van der Waals surface area contributed by atoms with Crippen LogP contribution in [0.5, 0.6) is 0 Å². The molecular weight excluding hydrogens is 358 g/mol.